The largest absolute Gasteiger partial charge is 0.382 e. The van der Waals surface area contributed by atoms with Gasteiger partial charge in [-0.3, -0.25) is 11.3 Å². The van der Waals surface area contributed by atoms with Gasteiger partial charge in [-0.15, -0.1) is 0 Å². The molecule has 2 rings (SSSR count). The first-order valence-corrected chi connectivity index (χ1v) is 7.45. The van der Waals surface area contributed by atoms with Crippen LogP contribution in [0.25, 0.3) is 0 Å². The van der Waals surface area contributed by atoms with Crippen LogP contribution in [0.2, 0.25) is 0 Å². The maximum atomic E-state index is 5.66. The average molecular weight is 278 g/mol. The summed E-state index contributed by atoms with van der Waals surface area (Å²) in [5.41, 5.74) is 5.89. The lowest BCUT2D eigenvalue weighted by Gasteiger charge is -2.28. The Morgan fingerprint density at radius 2 is 2.20 bits per heavy atom. The second kappa shape index (κ2) is 8.37. The molecule has 2 unspecified atom stereocenters. The van der Waals surface area contributed by atoms with Crippen LogP contribution in [0.4, 0.5) is 0 Å². The summed E-state index contributed by atoms with van der Waals surface area (Å²) in [6.07, 6.45) is 4.75. The molecule has 4 heteroatoms. The summed E-state index contributed by atoms with van der Waals surface area (Å²) in [6.45, 7) is 1.89. The van der Waals surface area contributed by atoms with Gasteiger partial charge in [0.1, 0.15) is 0 Å². The molecule has 3 N–H and O–H groups in total. The molecule has 0 aromatic heterocycles. The topological polar surface area (TPSA) is 56.5 Å². The number of hydrogen-bond acceptors (Lipinski definition) is 4. The molecule has 0 bridgehead atoms. The van der Waals surface area contributed by atoms with Crippen molar-refractivity contribution in [2.45, 2.75) is 37.6 Å². The lowest BCUT2D eigenvalue weighted by molar-refractivity contribution is 0.0561. The number of benzene rings is 1. The van der Waals surface area contributed by atoms with Crippen LogP contribution in [0, 0.1) is 0 Å². The molecule has 0 aliphatic heterocycles. The van der Waals surface area contributed by atoms with Crippen LogP contribution in [0.15, 0.2) is 24.3 Å². The van der Waals surface area contributed by atoms with Crippen LogP contribution in [0.1, 0.15) is 36.3 Å². The fourth-order valence-electron chi connectivity index (χ4n) is 2.99. The van der Waals surface area contributed by atoms with Crippen LogP contribution in [-0.2, 0) is 15.9 Å². The predicted molar refractivity (Wildman–Crippen MR) is 80.5 cm³/mol. The molecule has 0 saturated heterocycles. The normalized spacial score (nSPS) is 19.6. The fourth-order valence-corrected chi connectivity index (χ4v) is 2.99. The van der Waals surface area contributed by atoms with Crippen molar-refractivity contribution < 1.29 is 9.47 Å². The van der Waals surface area contributed by atoms with Crippen LogP contribution in [0.3, 0.4) is 0 Å². The summed E-state index contributed by atoms with van der Waals surface area (Å²) in [5, 5.41) is 0. The first kappa shape index (κ1) is 15.4. The van der Waals surface area contributed by atoms with E-state index >= 15 is 0 Å². The van der Waals surface area contributed by atoms with E-state index in [4.69, 9.17) is 15.3 Å². The van der Waals surface area contributed by atoms with E-state index in [1.807, 2.05) is 0 Å². The van der Waals surface area contributed by atoms with E-state index < -0.39 is 0 Å². The number of hydrogen-bond donors (Lipinski definition) is 2. The van der Waals surface area contributed by atoms with Crippen LogP contribution >= 0.6 is 0 Å². The summed E-state index contributed by atoms with van der Waals surface area (Å²) in [7, 11) is 1.68. The number of nitrogens with two attached hydrogens (primary N) is 1. The van der Waals surface area contributed by atoms with Crippen LogP contribution in [-0.4, -0.2) is 33.0 Å². The molecule has 4 nitrogen and oxygen atoms in total. The number of aryl methyl sites for hydroxylation is 1. The Kier molecular flexibility index (Phi) is 6.47. The summed E-state index contributed by atoms with van der Waals surface area (Å²) < 4.78 is 10.6. The third-order valence-corrected chi connectivity index (χ3v) is 4.05. The zero-order chi connectivity index (χ0) is 14.2. The van der Waals surface area contributed by atoms with E-state index in [0.29, 0.717) is 25.7 Å². The van der Waals surface area contributed by atoms with Crippen molar-refractivity contribution in [3.8, 4) is 0 Å². The molecule has 112 valence electrons. The molecule has 0 fully saturated rings. The van der Waals surface area contributed by atoms with Crippen molar-refractivity contribution in [3.63, 3.8) is 0 Å². The Labute approximate surface area is 121 Å². The highest BCUT2D eigenvalue weighted by atomic mass is 16.5. The number of methoxy groups -OCH3 is 1. The van der Waals surface area contributed by atoms with Crippen molar-refractivity contribution in [1.82, 2.24) is 5.43 Å². The van der Waals surface area contributed by atoms with Gasteiger partial charge in [-0.1, -0.05) is 24.3 Å². The monoisotopic (exact) mass is 278 g/mol. The Bertz CT molecular complexity index is 398. The summed E-state index contributed by atoms with van der Waals surface area (Å²) in [4.78, 5) is 0. The average Bonchev–Trinajstić information content (AvgIpc) is 2.50. The first-order chi connectivity index (χ1) is 9.85. The number of ether oxygens (including phenoxy) is 2. The number of fused-ring (bicyclic) bond motifs is 1. The van der Waals surface area contributed by atoms with Crippen LogP contribution in [0.5, 0.6) is 0 Å². The second-order valence-corrected chi connectivity index (χ2v) is 5.45. The van der Waals surface area contributed by atoms with Crippen LogP contribution < -0.4 is 11.3 Å². The molecule has 0 amide bonds. The molecule has 0 heterocycles. The third-order valence-electron chi connectivity index (χ3n) is 4.05. The molecule has 1 aromatic carbocycles. The highest BCUT2D eigenvalue weighted by Crippen LogP contribution is 2.34. The van der Waals surface area contributed by atoms with Gasteiger partial charge in [0.25, 0.3) is 0 Å². The second-order valence-electron chi connectivity index (χ2n) is 5.45. The van der Waals surface area contributed by atoms with E-state index in [2.05, 4.69) is 29.7 Å². The van der Waals surface area contributed by atoms with Gasteiger partial charge in [-0.25, -0.2) is 0 Å². The van der Waals surface area contributed by atoms with Crippen molar-refractivity contribution in [3.05, 3.63) is 35.4 Å². The quantitative estimate of drug-likeness (QED) is 0.434. The Morgan fingerprint density at radius 1 is 1.35 bits per heavy atom. The van der Waals surface area contributed by atoms with Gasteiger partial charge >= 0.3 is 0 Å². The molecule has 0 spiro atoms. The molecule has 0 radical (unpaired) electrons. The van der Waals surface area contributed by atoms with Gasteiger partial charge in [-0.05, 0) is 42.7 Å². The standard InChI is InChI=1S/C16H26N2O2/c1-19-9-10-20-12-15(18-17)11-14-7-4-6-13-5-2-3-8-16(13)14/h2-3,5,8,14-15,18H,4,6-7,9-12,17H2,1H3. The van der Waals surface area contributed by atoms with E-state index in [9.17, 15) is 0 Å². The van der Waals surface area contributed by atoms with Crippen molar-refractivity contribution in [2.24, 2.45) is 5.84 Å². The summed E-state index contributed by atoms with van der Waals surface area (Å²) >= 11 is 0. The van der Waals surface area contributed by atoms with Crippen molar-refractivity contribution in [1.29, 1.82) is 0 Å². The molecule has 0 saturated carbocycles. The minimum atomic E-state index is 0.197. The van der Waals surface area contributed by atoms with Crippen molar-refractivity contribution in [2.75, 3.05) is 26.9 Å². The van der Waals surface area contributed by atoms with Gasteiger partial charge in [-0.2, -0.15) is 0 Å². The van der Waals surface area contributed by atoms with E-state index in [1.165, 1.54) is 30.4 Å². The zero-order valence-corrected chi connectivity index (χ0v) is 12.3. The molecular formula is C16H26N2O2. The molecule has 1 aliphatic rings. The molecule has 2 atom stereocenters. The maximum absolute atomic E-state index is 5.66. The number of rotatable bonds is 8. The molecule has 1 aromatic rings. The zero-order valence-electron chi connectivity index (χ0n) is 12.3. The first-order valence-electron chi connectivity index (χ1n) is 7.45. The lowest BCUT2D eigenvalue weighted by atomic mass is 9.80. The van der Waals surface area contributed by atoms with Crippen molar-refractivity contribution >= 4 is 0 Å². The van der Waals surface area contributed by atoms with E-state index in [1.54, 1.807) is 7.11 Å². The summed E-state index contributed by atoms with van der Waals surface area (Å²) in [5.74, 6) is 6.25. The van der Waals surface area contributed by atoms with Gasteiger partial charge in [0.05, 0.1) is 19.8 Å². The Balaban J connectivity index is 1.88. The molecule has 1 aliphatic carbocycles. The fraction of sp³-hybridized carbons (Fsp3) is 0.625. The molecule has 20 heavy (non-hydrogen) atoms. The minimum absolute atomic E-state index is 0.197. The number of hydrazine groups is 1. The van der Waals surface area contributed by atoms with Gasteiger partial charge in [0, 0.05) is 13.2 Å². The molecular weight excluding hydrogens is 252 g/mol. The Hall–Kier alpha value is -0.940. The minimum Gasteiger partial charge on any atom is -0.382 e. The van der Waals surface area contributed by atoms with E-state index in [0.717, 1.165) is 6.42 Å². The predicted octanol–water partition coefficient (Wildman–Crippen LogP) is 1.99. The maximum Gasteiger partial charge on any atom is 0.0701 e. The smallest absolute Gasteiger partial charge is 0.0701 e. The Morgan fingerprint density at radius 3 is 3.00 bits per heavy atom. The third kappa shape index (κ3) is 4.28. The highest BCUT2D eigenvalue weighted by Gasteiger charge is 2.22. The van der Waals surface area contributed by atoms with Gasteiger partial charge in [0.15, 0.2) is 0 Å². The lowest BCUT2D eigenvalue weighted by Crippen LogP contribution is -2.40. The van der Waals surface area contributed by atoms with Gasteiger partial charge in [0.2, 0.25) is 0 Å². The van der Waals surface area contributed by atoms with E-state index in [-0.39, 0.29) is 6.04 Å². The highest BCUT2D eigenvalue weighted by molar-refractivity contribution is 5.32. The summed E-state index contributed by atoms with van der Waals surface area (Å²) in [6, 6.07) is 8.98. The SMILES string of the molecule is COCCOCC(CC1CCCc2ccccc21)NN. The number of nitrogens with one attached hydrogen (secondary N) is 1. The van der Waals surface area contributed by atoms with Gasteiger partial charge < -0.3 is 9.47 Å².